The molecular weight excluding hydrogens is 260 g/mol. The summed E-state index contributed by atoms with van der Waals surface area (Å²) in [6, 6.07) is 0. The van der Waals surface area contributed by atoms with Gasteiger partial charge in [-0.25, -0.2) is 0 Å². The molecule has 0 aromatic rings. The second kappa shape index (κ2) is 3.55. The van der Waals surface area contributed by atoms with Crippen LogP contribution in [0.1, 0.15) is 27.2 Å². The maximum atomic E-state index is 10.4. The molecule has 3 nitrogen and oxygen atoms in total. The molecule has 2 aliphatic rings. The van der Waals surface area contributed by atoms with Crippen LogP contribution >= 0.6 is 15.9 Å². The van der Waals surface area contributed by atoms with E-state index < -0.39 is 11.4 Å². The number of alkyl halides is 1. The van der Waals surface area contributed by atoms with Gasteiger partial charge in [0, 0.05) is 0 Å². The van der Waals surface area contributed by atoms with Gasteiger partial charge in [0.25, 0.3) is 0 Å². The average molecular weight is 277 g/mol. The predicted molar refractivity (Wildman–Crippen MR) is 60.9 cm³/mol. The van der Waals surface area contributed by atoms with E-state index in [2.05, 4.69) is 15.9 Å². The van der Waals surface area contributed by atoms with E-state index in [1.54, 1.807) is 0 Å². The number of rotatable bonds is 1. The summed E-state index contributed by atoms with van der Waals surface area (Å²) in [6.45, 7) is 5.70. The van der Waals surface area contributed by atoms with Crippen molar-refractivity contribution in [2.75, 3.05) is 0 Å². The molecule has 86 valence electrons. The first-order chi connectivity index (χ1) is 6.88. The van der Waals surface area contributed by atoms with E-state index in [4.69, 9.17) is 9.47 Å². The smallest absolute Gasteiger partial charge is 0.163 e. The number of halogens is 1. The SMILES string of the molecule is CC[C@]1(O)C=C[C@H](Br)[C@@H]2OC(C)(C)O[C@@H]21. The summed E-state index contributed by atoms with van der Waals surface area (Å²) < 4.78 is 11.6. The number of aliphatic hydroxyl groups is 1. The molecule has 2 rings (SSSR count). The normalized spacial score (nSPS) is 47.9. The molecule has 0 radical (unpaired) electrons. The summed E-state index contributed by atoms with van der Waals surface area (Å²) in [6.07, 6.45) is 3.99. The lowest BCUT2D eigenvalue weighted by atomic mass is 9.84. The van der Waals surface area contributed by atoms with Crippen LogP contribution in [0.25, 0.3) is 0 Å². The zero-order chi connectivity index (χ0) is 11.3. The standard InChI is InChI=1S/C11H17BrO3/c1-4-11(13)6-5-7(12)8-9(11)15-10(2,3)14-8/h5-9,13H,4H2,1-3H3/t7-,8-,9-,11-/m0/s1. The molecule has 4 heteroatoms. The number of hydrogen-bond acceptors (Lipinski definition) is 3. The average Bonchev–Trinajstić information content (AvgIpc) is 2.50. The van der Waals surface area contributed by atoms with E-state index in [1.165, 1.54) is 0 Å². The molecule has 0 amide bonds. The molecule has 0 aromatic carbocycles. The number of fused-ring (bicyclic) bond motifs is 1. The van der Waals surface area contributed by atoms with Gasteiger partial charge in [0.2, 0.25) is 0 Å². The minimum Gasteiger partial charge on any atom is -0.383 e. The van der Waals surface area contributed by atoms with Crippen LogP contribution in [0.5, 0.6) is 0 Å². The third kappa shape index (κ3) is 1.88. The summed E-state index contributed by atoms with van der Waals surface area (Å²) in [5.74, 6) is -0.615. The van der Waals surface area contributed by atoms with Crippen LogP contribution < -0.4 is 0 Å². The monoisotopic (exact) mass is 276 g/mol. The minimum absolute atomic E-state index is 0.107. The molecule has 0 bridgehead atoms. The second-order valence-corrected chi connectivity index (χ2v) is 5.73. The molecule has 0 saturated carbocycles. The van der Waals surface area contributed by atoms with Crippen molar-refractivity contribution in [2.45, 2.75) is 55.6 Å². The summed E-state index contributed by atoms with van der Waals surface area (Å²) in [5, 5.41) is 10.4. The largest absolute Gasteiger partial charge is 0.383 e. The van der Waals surface area contributed by atoms with Crippen LogP contribution in [0, 0.1) is 0 Å². The van der Waals surface area contributed by atoms with Gasteiger partial charge >= 0.3 is 0 Å². The first kappa shape index (κ1) is 11.6. The van der Waals surface area contributed by atoms with Crippen LogP contribution in [0.4, 0.5) is 0 Å². The summed E-state index contributed by atoms with van der Waals surface area (Å²) in [7, 11) is 0. The molecule has 1 heterocycles. The Morgan fingerprint density at radius 3 is 2.67 bits per heavy atom. The van der Waals surface area contributed by atoms with Gasteiger partial charge in [0.15, 0.2) is 5.79 Å². The maximum Gasteiger partial charge on any atom is 0.163 e. The Morgan fingerprint density at radius 2 is 2.07 bits per heavy atom. The van der Waals surface area contributed by atoms with E-state index >= 15 is 0 Å². The van der Waals surface area contributed by atoms with Gasteiger partial charge in [0.05, 0.1) is 4.83 Å². The number of ether oxygens (including phenoxy) is 2. The van der Waals surface area contributed by atoms with Crippen molar-refractivity contribution in [2.24, 2.45) is 0 Å². The lowest BCUT2D eigenvalue weighted by molar-refractivity contribution is -0.162. The molecule has 1 saturated heterocycles. The van der Waals surface area contributed by atoms with Gasteiger partial charge in [-0.05, 0) is 20.3 Å². The lowest BCUT2D eigenvalue weighted by Crippen LogP contribution is -2.51. The Bertz CT molecular complexity index is 290. The zero-order valence-electron chi connectivity index (χ0n) is 9.24. The van der Waals surface area contributed by atoms with Crippen molar-refractivity contribution in [3.05, 3.63) is 12.2 Å². The quantitative estimate of drug-likeness (QED) is 0.588. The highest BCUT2D eigenvalue weighted by atomic mass is 79.9. The molecule has 0 spiro atoms. The van der Waals surface area contributed by atoms with Crippen LogP contribution in [-0.4, -0.2) is 33.5 Å². The van der Waals surface area contributed by atoms with Crippen molar-refractivity contribution in [1.29, 1.82) is 0 Å². The molecule has 0 unspecified atom stereocenters. The van der Waals surface area contributed by atoms with E-state index in [1.807, 2.05) is 32.9 Å². The van der Waals surface area contributed by atoms with Crippen molar-refractivity contribution >= 4 is 15.9 Å². The Balaban J connectivity index is 2.31. The highest BCUT2D eigenvalue weighted by Gasteiger charge is 2.54. The molecule has 4 atom stereocenters. The van der Waals surface area contributed by atoms with Gasteiger partial charge in [-0.2, -0.15) is 0 Å². The van der Waals surface area contributed by atoms with Gasteiger partial charge in [-0.15, -0.1) is 0 Å². The van der Waals surface area contributed by atoms with Gasteiger partial charge < -0.3 is 14.6 Å². The molecule has 0 aromatic heterocycles. The predicted octanol–water partition coefficient (Wildman–Crippen LogP) is 1.98. The molecule has 1 fully saturated rings. The van der Waals surface area contributed by atoms with Crippen LogP contribution in [-0.2, 0) is 9.47 Å². The Kier molecular flexibility index (Phi) is 2.74. The number of hydrogen-bond donors (Lipinski definition) is 1. The lowest BCUT2D eigenvalue weighted by Gasteiger charge is -2.36. The second-order valence-electron chi connectivity index (χ2n) is 4.67. The Morgan fingerprint density at radius 1 is 1.40 bits per heavy atom. The van der Waals surface area contributed by atoms with Gasteiger partial charge in [-0.3, -0.25) is 0 Å². The van der Waals surface area contributed by atoms with Crippen molar-refractivity contribution < 1.29 is 14.6 Å². The molecule has 1 aliphatic heterocycles. The molecule has 1 aliphatic carbocycles. The fourth-order valence-electron chi connectivity index (χ4n) is 2.19. The van der Waals surface area contributed by atoms with E-state index in [0.29, 0.717) is 6.42 Å². The fourth-order valence-corrected chi connectivity index (χ4v) is 2.73. The van der Waals surface area contributed by atoms with Crippen LogP contribution in [0.2, 0.25) is 0 Å². The topological polar surface area (TPSA) is 38.7 Å². The van der Waals surface area contributed by atoms with E-state index in [9.17, 15) is 5.11 Å². The molecule has 15 heavy (non-hydrogen) atoms. The summed E-state index contributed by atoms with van der Waals surface area (Å²) in [4.78, 5) is 0.107. The van der Waals surface area contributed by atoms with Gasteiger partial charge in [0.1, 0.15) is 17.8 Å². The Hall–Kier alpha value is 0.1000. The minimum atomic E-state index is -0.900. The highest BCUT2D eigenvalue weighted by Crippen LogP contribution is 2.42. The third-order valence-electron chi connectivity index (χ3n) is 3.07. The molecular formula is C11H17BrO3. The summed E-state index contributed by atoms with van der Waals surface area (Å²) >= 11 is 3.52. The third-order valence-corrected chi connectivity index (χ3v) is 3.90. The van der Waals surface area contributed by atoms with Crippen molar-refractivity contribution in [3.8, 4) is 0 Å². The van der Waals surface area contributed by atoms with Crippen molar-refractivity contribution in [3.63, 3.8) is 0 Å². The highest BCUT2D eigenvalue weighted by molar-refractivity contribution is 9.09. The first-order valence-corrected chi connectivity index (χ1v) is 6.21. The maximum absolute atomic E-state index is 10.4. The van der Waals surface area contributed by atoms with E-state index in [-0.39, 0.29) is 17.0 Å². The van der Waals surface area contributed by atoms with E-state index in [0.717, 1.165) is 0 Å². The summed E-state index contributed by atoms with van der Waals surface area (Å²) in [5.41, 5.74) is -0.900. The Labute approximate surface area is 98.6 Å². The molecule has 1 N–H and O–H groups in total. The zero-order valence-corrected chi connectivity index (χ0v) is 10.8. The van der Waals surface area contributed by atoms with Gasteiger partial charge in [-0.1, -0.05) is 35.0 Å². The van der Waals surface area contributed by atoms with Crippen LogP contribution in [0.3, 0.4) is 0 Å². The fraction of sp³-hybridized carbons (Fsp3) is 0.818. The van der Waals surface area contributed by atoms with Crippen molar-refractivity contribution in [1.82, 2.24) is 0 Å². The first-order valence-electron chi connectivity index (χ1n) is 5.29. The van der Waals surface area contributed by atoms with Crippen LogP contribution in [0.15, 0.2) is 12.2 Å².